The lowest BCUT2D eigenvalue weighted by Gasteiger charge is -1.99. The monoisotopic (exact) mass is 170 g/mol. The van der Waals surface area contributed by atoms with E-state index in [9.17, 15) is 0 Å². The molecule has 68 valence electrons. The zero-order valence-electron chi connectivity index (χ0n) is 6.99. The van der Waals surface area contributed by atoms with Crippen LogP contribution in [0.25, 0.3) is 0 Å². The van der Waals surface area contributed by atoms with Gasteiger partial charge in [0.2, 0.25) is 0 Å². The standard InChI is InChI=1S/C8H14N2O2/c11-6-2-1-4-9-7-8-3-5-10-12-8/h3,5,9,11H,1-2,4,6-7H2. The van der Waals surface area contributed by atoms with E-state index in [-0.39, 0.29) is 6.61 Å². The van der Waals surface area contributed by atoms with Crippen LogP contribution < -0.4 is 5.32 Å². The molecular weight excluding hydrogens is 156 g/mol. The van der Waals surface area contributed by atoms with Crippen LogP contribution in [-0.4, -0.2) is 23.4 Å². The van der Waals surface area contributed by atoms with Gasteiger partial charge in [0.15, 0.2) is 0 Å². The number of hydrogen-bond donors (Lipinski definition) is 2. The topological polar surface area (TPSA) is 58.3 Å². The van der Waals surface area contributed by atoms with Crippen LogP contribution in [0.2, 0.25) is 0 Å². The number of nitrogens with zero attached hydrogens (tertiary/aromatic N) is 1. The summed E-state index contributed by atoms with van der Waals surface area (Å²) >= 11 is 0. The van der Waals surface area contributed by atoms with E-state index < -0.39 is 0 Å². The maximum Gasteiger partial charge on any atom is 0.150 e. The lowest BCUT2D eigenvalue weighted by atomic mass is 10.3. The predicted octanol–water partition coefficient (Wildman–Crippen LogP) is 0.537. The van der Waals surface area contributed by atoms with Gasteiger partial charge in [0.05, 0.1) is 12.7 Å². The molecule has 0 aromatic carbocycles. The molecule has 1 heterocycles. The highest BCUT2D eigenvalue weighted by Gasteiger charge is 1.94. The Morgan fingerprint density at radius 1 is 1.50 bits per heavy atom. The maximum absolute atomic E-state index is 8.49. The van der Waals surface area contributed by atoms with E-state index in [0.717, 1.165) is 25.1 Å². The van der Waals surface area contributed by atoms with Gasteiger partial charge in [-0.2, -0.15) is 0 Å². The van der Waals surface area contributed by atoms with Crippen molar-refractivity contribution in [3.05, 3.63) is 18.0 Å². The summed E-state index contributed by atoms with van der Waals surface area (Å²) in [6.45, 7) is 1.89. The van der Waals surface area contributed by atoms with E-state index >= 15 is 0 Å². The molecule has 2 N–H and O–H groups in total. The van der Waals surface area contributed by atoms with Crippen molar-refractivity contribution in [3.8, 4) is 0 Å². The van der Waals surface area contributed by atoms with Crippen molar-refractivity contribution in [1.29, 1.82) is 0 Å². The number of aromatic nitrogens is 1. The highest BCUT2D eigenvalue weighted by atomic mass is 16.5. The molecule has 0 fully saturated rings. The first-order valence-electron chi connectivity index (χ1n) is 4.14. The van der Waals surface area contributed by atoms with Crippen LogP contribution >= 0.6 is 0 Å². The van der Waals surface area contributed by atoms with Gasteiger partial charge >= 0.3 is 0 Å². The summed E-state index contributed by atoms with van der Waals surface area (Å²) in [5, 5.41) is 15.3. The van der Waals surface area contributed by atoms with Gasteiger partial charge < -0.3 is 14.9 Å². The molecular formula is C8H14N2O2. The first kappa shape index (κ1) is 9.22. The van der Waals surface area contributed by atoms with E-state index in [4.69, 9.17) is 9.63 Å². The zero-order chi connectivity index (χ0) is 8.65. The molecule has 0 aliphatic rings. The van der Waals surface area contributed by atoms with Crippen LogP contribution in [0.5, 0.6) is 0 Å². The smallest absolute Gasteiger partial charge is 0.150 e. The molecule has 1 aromatic rings. The fourth-order valence-corrected chi connectivity index (χ4v) is 0.907. The minimum atomic E-state index is 0.268. The fraction of sp³-hybridized carbons (Fsp3) is 0.625. The van der Waals surface area contributed by atoms with Crippen molar-refractivity contribution in [3.63, 3.8) is 0 Å². The van der Waals surface area contributed by atoms with Gasteiger partial charge in [-0.25, -0.2) is 0 Å². The van der Waals surface area contributed by atoms with Crippen molar-refractivity contribution >= 4 is 0 Å². The van der Waals surface area contributed by atoms with Crippen LogP contribution in [0, 0.1) is 0 Å². The molecule has 0 aliphatic carbocycles. The van der Waals surface area contributed by atoms with Gasteiger partial charge in [0.25, 0.3) is 0 Å². The Morgan fingerprint density at radius 3 is 3.08 bits per heavy atom. The Balaban J connectivity index is 1.96. The average Bonchev–Trinajstić information content (AvgIpc) is 2.57. The van der Waals surface area contributed by atoms with Crippen molar-refractivity contribution < 1.29 is 9.63 Å². The molecule has 12 heavy (non-hydrogen) atoms. The van der Waals surface area contributed by atoms with E-state index in [0.29, 0.717) is 6.54 Å². The van der Waals surface area contributed by atoms with E-state index in [1.54, 1.807) is 6.20 Å². The van der Waals surface area contributed by atoms with E-state index in [2.05, 4.69) is 10.5 Å². The number of aliphatic hydroxyl groups excluding tert-OH is 1. The Labute approximate surface area is 71.6 Å². The normalized spacial score (nSPS) is 10.4. The molecule has 0 bridgehead atoms. The molecule has 4 heteroatoms. The van der Waals surface area contributed by atoms with Crippen LogP contribution in [0.4, 0.5) is 0 Å². The highest BCUT2D eigenvalue weighted by molar-refractivity contribution is 4.91. The first-order valence-corrected chi connectivity index (χ1v) is 4.14. The fourth-order valence-electron chi connectivity index (χ4n) is 0.907. The summed E-state index contributed by atoms with van der Waals surface area (Å²) in [5.41, 5.74) is 0. The number of unbranched alkanes of at least 4 members (excludes halogenated alkanes) is 1. The third kappa shape index (κ3) is 3.50. The highest BCUT2D eigenvalue weighted by Crippen LogP contribution is 1.94. The van der Waals surface area contributed by atoms with Gasteiger partial charge in [-0.3, -0.25) is 0 Å². The quantitative estimate of drug-likeness (QED) is 0.612. The molecule has 4 nitrogen and oxygen atoms in total. The first-order chi connectivity index (χ1) is 5.93. The van der Waals surface area contributed by atoms with Crippen LogP contribution in [0.1, 0.15) is 18.6 Å². The number of nitrogens with one attached hydrogen (secondary N) is 1. The molecule has 0 unspecified atom stereocenters. The van der Waals surface area contributed by atoms with Gasteiger partial charge in [-0.1, -0.05) is 5.16 Å². The molecule has 0 amide bonds. The summed E-state index contributed by atoms with van der Waals surface area (Å²) in [6, 6.07) is 1.83. The van der Waals surface area contributed by atoms with Crippen LogP contribution in [0.15, 0.2) is 16.8 Å². The number of rotatable bonds is 6. The Bertz CT molecular complexity index is 187. The SMILES string of the molecule is OCCCCNCc1ccno1. The van der Waals surface area contributed by atoms with Crippen molar-refractivity contribution in [2.24, 2.45) is 0 Å². The Kier molecular flexibility index (Phi) is 4.41. The van der Waals surface area contributed by atoms with Crippen molar-refractivity contribution in [2.75, 3.05) is 13.2 Å². The van der Waals surface area contributed by atoms with Gasteiger partial charge in [-0.05, 0) is 19.4 Å². The molecule has 0 saturated carbocycles. The minimum absolute atomic E-state index is 0.268. The van der Waals surface area contributed by atoms with Gasteiger partial charge in [0.1, 0.15) is 5.76 Å². The minimum Gasteiger partial charge on any atom is -0.396 e. The predicted molar refractivity (Wildman–Crippen MR) is 44.5 cm³/mol. The molecule has 0 radical (unpaired) electrons. The second-order valence-electron chi connectivity index (χ2n) is 2.59. The van der Waals surface area contributed by atoms with Gasteiger partial charge in [-0.15, -0.1) is 0 Å². The summed E-state index contributed by atoms with van der Waals surface area (Å²) < 4.78 is 4.88. The lowest BCUT2D eigenvalue weighted by Crippen LogP contribution is -2.14. The third-order valence-electron chi connectivity index (χ3n) is 1.55. The summed E-state index contributed by atoms with van der Waals surface area (Å²) in [4.78, 5) is 0. The average molecular weight is 170 g/mol. The second-order valence-corrected chi connectivity index (χ2v) is 2.59. The summed E-state index contributed by atoms with van der Waals surface area (Å²) in [6.07, 6.45) is 3.47. The molecule has 0 aliphatic heterocycles. The largest absolute Gasteiger partial charge is 0.396 e. The number of hydrogen-bond acceptors (Lipinski definition) is 4. The summed E-state index contributed by atoms with van der Waals surface area (Å²) in [7, 11) is 0. The molecule has 1 rings (SSSR count). The third-order valence-corrected chi connectivity index (χ3v) is 1.55. The molecule has 0 spiro atoms. The van der Waals surface area contributed by atoms with E-state index in [1.807, 2.05) is 6.07 Å². The molecule has 0 saturated heterocycles. The second kappa shape index (κ2) is 5.74. The van der Waals surface area contributed by atoms with Crippen LogP contribution in [0.3, 0.4) is 0 Å². The summed E-state index contributed by atoms with van der Waals surface area (Å²) in [5.74, 6) is 0.846. The zero-order valence-corrected chi connectivity index (χ0v) is 6.99. The Hall–Kier alpha value is -0.870. The van der Waals surface area contributed by atoms with Gasteiger partial charge in [0, 0.05) is 12.7 Å². The lowest BCUT2D eigenvalue weighted by molar-refractivity contribution is 0.283. The molecule has 1 aromatic heterocycles. The number of aliphatic hydroxyl groups is 1. The Morgan fingerprint density at radius 2 is 2.42 bits per heavy atom. The van der Waals surface area contributed by atoms with Crippen molar-refractivity contribution in [2.45, 2.75) is 19.4 Å². The molecule has 0 atom stereocenters. The van der Waals surface area contributed by atoms with Crippen LogP contribution in [-0.2, 0) is 6.54 Å². The maximum atomic E-state index is 8.49. The van der Waals surface area contributed by atoms with E-state index in [1.165, 1.54) is 0 Å². The van der Waals surface area contributed by atoms with Crippen molar-refractivity contribution in [1.82, 2.24) is 10.5 Å².